The molecule has 2 heterocycles. The number of ether oxygens (including phenoxy) is 1. The second-order valence-corrected chi connectivity index (χ2v) is 7.22. The van der Waals surface area contributed by atoms with Crippen molar-refractivity contribution in [2.24, 2.45) is 0 Å². The van der Waals surface area contributed by atoms with E-state index in [9.17, 15) is 4.79 Å². The Morgan fingerprint density at radius 3 is 2.69 bits per heavy atom. The maximum absolute atomic E-state index is 12.4. The van der Waals surface area contributed by atoms with Crippen LogP contribution >= 0.6 is 34.5 Å². The van der Waals surface area contributed by atoms with Crippen molar-refractivity contribution in [2.75, 3.05) is 7.11 Å². The summed E-state index contributed by atoms with van der Waals surface area (Å²) in [7, 11) is 1.59. The Hall–Kier alpha value is -2.34. The van der Waals surface area contributed by atoms with Crippen molar-refractivity contribution < 1.29 is 9.15 Å². The van der Waals surface area contributed by atoms with Crippen molar-refractivity contribution in [3.8, 4) is 27.6 Å². The third-order valence-electron chi connectivity index (χ3n) is 3.88. The van der Waals surface area contributed by atoms with Crippen LogP contribution in [0.25, 0.3) is 32.8 Å². The maximum atomic E-state index is 12.4. The Morgan fingerprint density at radius 1 is 1.08 bits per heavy atom. The lowest BCUT2D eigenvalue weighted by atomic mass is 10.1. The molecular weight excluding hydrogens is 393 g/mol. The molecule has 0 bridgehead atoms. The SMILES string of the molecule is COc1ccc2oc(=O)c(-c3nc(-c4ccc(Cl)cc4Cl)cs3)cc2c1. The highest BCUT2D eigenvalue weighted by Crippen LogP contribution is 2.34. The first kappa shape index (κ1) is 17.1. The lowest BCUT2D eigenvalue weighted by molar-refractivity contribution is 0.415. The quantitative estimate of drug-likeness (QED) is 0.399. The lowest BCUT2D eigenvalue weighted by Crippen LogP contribution is -2.02. The van der Waals surface area contributed by atoms with E-state index in [4.69, 9.17) is 32.4 Å². The number of benzene rings is 2. The highest BCUT2D eigenvalue weighted by Gasteiger charge is 2.14. The monoisotopic (exact) mass is 403 g/mol. The second kappa shape index (κ2) is 6.76. The van der Waals surface area contributed by atoms with Crippen LogP contribution in [0, 0.1) is 0 Å². The number of aromatic nitrogens is 1. The Balaban J connectivity index is 1.82. The van der Waals surface area contributed by atoms with Crippen LogP contribution in [0.1, 0.15) is 0 Å². The molecule has 0 aliphatic carbocycles. The average molecular weight is 404 g/mol. The van der Waals surface area contributed by atoms with Gasteiger partial charge in [0.2, 0.25) is 0 Å². The van der Waals surface area contributed by atoms with Gasteiger partial charge in [0.15, 0.2) is 0 Å². The molecule has 0 aliphatic heterocycles. The van der Waals surface area contributed by atoms with Gasteiger partial charge in [-0.1, -0.05) is 23.2 Å². The van der Waals surface area contributed by atoms with Crippen LogP contribution in [0.4, 0.5) is 0 Å². The molecule has 0 N–H and O–H groups in total. The van der Waals surface area contributed by atoms with E-state index in [1.807, 2.05) is 11.4 Å². The molecule has 0 spiro atoms. The van der Waals surface area contributed by atoms with E-state index in [-0.39, 0.29) is 0 Å². The van der Waals surface area contributed by atoms with Crippen molar-refractivity contribution >= 4 is 45.5 Å². The van der Waals surface area contributed by atoms with Crippen molar-refractivity contribution in [1.29, 1.82) is 0 Å². The van der Waals surface area contributed by atoms with Gasteiger partial charge in [-0.15, -0.1) is 11.3 Å². The molecule has 0 atom stereocenters. The number of hydrogen-bond acceptors (Lipinski definition) is 5. The van der Waals surface area contributed by atoms with Gasteiger partial charge in [-0.2, -0.15) is 0 Å². The number of methoxy groups -OCH3 is 1. The lowest BCUT2D eigenvalue weighted by Gasteiger charge is -2.03. The Bertz CT molecular complexity index is 1180. The predicted molar refractivity (Wildman–Crippen MR) is 106 cm³/mol. The van der Waals surface area contributed by atoms with Crippen molar-refractivity contribution in [3.05, 3.63) is 68.3 Å². The molecule has 26 heavy (non-hydrogen) atoms. The predicted octanol–water partition coefficient (Wildman–Crippen LogP) is 5.90. The van der Waals surface area contributed by atoms with E-state index in [2.05, 4.69) is 4.98 Å². The molecule has 4 nitrogen and oxygen atoms in total. The maximum Gasteiger partial charge on any atom is 0.346 e. The smallest absolute Gasteiger partial charge is 0.346 e. The zero-order valence-electron chi connectivity index (χ0n) is 13.5. The van der Waals surface area contributed by atoms with Crippen molar-refractivity contribution in [1.82, 2.24) is 4.98 Å². The van der Waals surface area contributed by atoms with Gasteiger partial charge >= 0.3 is 5.63 Å². The number of hydrogen-bond donors (Lipinski definition) is 0. The van der Waals surface area contributed by atoms with Crippen molar-refractivity contribution in [3.63, 3.8) is 0 Å². The van der Waals surface area contributed by atoms with Crippen LogP contribution in [0.2, 0.25) is 10.0 Å². The summed E-state index contributed by atoms with van der Waals surface area (Å²) in [6.45, 7) is 0. The van der Waals surface area contributed by atoms with E-state index in [1.54, 1.807) is 43.5 Å². The van der Waals surface area contributed by atoms with Crippen LogP contribution in [0.3, 0.4) is 0 Å². The summed E-state index contributed by atoms with van der Waals surface area (Å²) in [4.78, 5) is 16.9. The summed E-state index contributed by atoms with van der Waals surface area (Å²) >= 11 is 13.5. The molecule has 7 heteroatoms. The largest absolute Gasteiger partial charge is 0.497 e. The van der Waals surface area contributed by atoms with Crippen LogP contribution in [0.5, 0.6) is 5.75 Å². The van der Waals surface area contributed by atoms with Gasteiger partial charge in [-0.05, 0) is 42.5 Å². The molecule has 0 fully saturated rings. The minimum Gasteiger partial charge on any atom is -0.497 e. The van der Waals surface area contributed by atoms with Crippen LogP contribution in [-0.4, -0.2) is 12.1 Å². The molecule has 2 aromatic carbocycles. The molecular formula is C19H11Cl2NO3S. The Kier molecular flexibility index (Phi) is 4.44. The molecule has 4 rings (SSSR count). The van der Waals surface area contributed by atoms with Crippen LogP contribution in [-0.2, 0) is 0 Å². The standard InChI is InChI=1S/C19H11Cl2NO3S/c1-24-12-3-5-17-10(6-12)7-14(19(23)25-17)18-22-16(9-26-18)13-4-2-11(20)8-15(13)21/h2-9H,1H3. The van der Waals surface area contributed by atoms with E-state index >= 15 is 0 Å². The van der Waals surface area contributed by atoms with Gasteiger partial charge in [-0.25, -0.2) is 9.78 Å². The number of nitrogens with zero attached hydrogens (tertiary/aromatic N) is 1. The van der Waals surface area contributed by atoms with Crippen molar-refractivity contribution in [2.45, 2.75) is 0 Å². The van der Waals surface area contributed by atoms with Gasteiger partial charge in [0.1, 0.15) is 16.3 Å². The topological polar surface area (TPSA) is 52.3 Å². The number of halogens is 2. The Morgan fingerprint density at radius 2 is 1.92 bits per heavy atom. The highest BCUT2D eigenvalue weighted by atomic mass is 35.5. The summed E-state index contributed by atoms with van der Waals surface area (Å²) in [6.07, 6.45) is 0. The molecule has 0 saturated heterocycles. The zero-order valence-corrected chi connectivity index (χ0v) is 15.8. The van der Waals surface area contributed by atoms with Crippen LogP contribution in [0.15, 0.2) is 57.1 Å². The third-order valence-corrected chi connectivity index (χ3v) is 5.30. The molecule has 0 amide bonds. The summed E-state index contributed by atoms with van der Waals surface area (Å²) in [5, 5.41) is 4.23. The van der Waals surface area contributed by atoms with Gasteiger partial charge < -0.3 is 9.15 Å². The summed E-state index contributed by atoms with van der Waals surface area (Å²) in [5.41, 5.74) is 1.89. The van der Waals surface area contributed by atoms with Crippen LogP contribution < -0.4 is 10.4 Å². The molecule has 0 saturated carbocycles. The highest BCUT2D eigenvalue weighted by molar-refractivity contribution is 7.13. The Labute approximate surface area is 162 Å². The number of thiazole rings is 1. The fourth-order valence-electron chi connectivity index (χ4n) is 2.60. The number of fused-ring (bicyclic) bond motifs is 1. The van der Waals surface area contributed by atoms with Gasteiger partial charge in [0, 0.05) is 21.4 Å². The van der Waals surface area contributed by atoms with E-state index in [1.165, 1.54) is 11.3 Å². The summed E-state index contributed by atoms with van der Waals surface area (Å²) in [5.74, 6) is 0.685. The number of rotatable bonds is 3. The summed E-state index contributed by atoms with van der Waals surface area (Å²) in [6, 6.07) is 12.2. The summed E-state index contributed by atoms with van der Waals surface area (Å²) < 4.78 is 10.6. The fourth-order valence-corrected chi connectivity index (χ4v) is 3.92. The molecule has 130 valence electrons. The molecule has 4 aromatic rings. The minimum atomic E-state index is -0.439. The normalized spacial score (nSPS) is 11.0. The second-order valence-electron chi connectivity index (χ2n) is 5.51. The fraction of sp³-hybridized carbons (Fsp3) is 0.0526. The molecule has 0 aliphatic rings. The zero-order chi connectivity index (χ0) is 18.3. The first-order valence-corrected chi connectivity index (χ1v) is 9.22. The van der Waals surface area contributed by atoms with E-state index < -0.39 is 5.63 Å². The average Bonchev–Trinajstić information content (AvgIpc) is 3.10. The van der Waals surface area contributed by atoms with Gasteiger partial charge in [-0.3, -0.25) is 0 Å². The first-order valence-electron chi connectivity index (χ1n) is 7.58. The molecule has 2 aromatic heterocycles. The van der Waals surface area contributed by atoms with E-state index in [0.717, 1.165) is 10.9 Å². The minimum absolute atomic E-state index is 0.395. The van der Waals surface area contributed by atoms with E-state index in [0.29, 0.717) is 37.6 Å². The van der Waals surface area contributed by atoms with Gasteiger partial charge in [0.25, 0.3) is 0 Å². The van der Waals surface area contributed by atoms with Gasteiger partial charge in [0.05, 0.1) is 23.4 Å². The molecule has 0 unspecified atom stereocenters. The molecule has 0 radical (unpaired) electrons. The third kappa shape index (κ3) is 3.09. The first-order chi connectivity index (χ1) is 12.5.